The summed E-state index contributed by atoms with van der Waals surface area (Å²) >= 11 is 0. The Bertz CT molecular complexity index is 1680. The first-order valence-corrected chi connectivity index (χ1v) is 15.2. The van der Waals surface area contributed by atoms with Crippen LogP contribution in [0.5, 0.6) is 11.5 Å². The van der Waals surface area contributed by atoms with Crippen molar-refractivity contribution in [1.29, 1.82) is 0 Å². The Morgan fingerprint density at radius 1 is 0.889 bits per heavy atom. The maximum atomic E-state index is 14.7. The largest absolute Gasteiger partial charge is 0.508 e. The summed E-state index contributed by atoms with van der Waals surface area (Å²) in [5, 5.41) is 28.5. The normalized spacial score (nSPS) is 14.6. The number of aromatic hydroxyl groups is 2. The standard InChI is InChI=1S/C36H39N3O6/c1-36(2,3)45-35(44)38-30(21-23-15-19-28(40)20-16-23)34(43)39(27-11-8-12-27)32(29-13-6-7-14-31(29)41)33(42)37-26-18-17-24-9-4-5-10-25(24)22-26/h4-7,9-10,13-20,22,27,30,32,40-41H,8,11-12,21H2,1-3H3,(H,37,42)(H,38,44). The van der Waals surface area contributed by atoms with Gasteiger partial charge in [-0.3, -0.25) is 9.59 Å². The van der Waals surface area contributed by atoms with Gasteiger partial charge in [0.15, 0.2) is 0 Å². The van der Waals surface area contributed by atoms with E-state index >= 15 is 0 Å². The van der Waals surface area contributed by atoms with E-state index in [2.05, 4.69) is 10.6 Å². The van der Waals surface area contributed by atoms with Gasteiger partial charge in [0.1, 0.15) is 29.2 Å². The Morgan fingerprint density at radius 2 is 1.56 bits per heavy atom. The highest BCUT2D eigenvalue weighted by Crippen LogP contribution is 2.37. The van der Waals surface area contributed by atoms with Crippen molar-refractivity contribution in [3.8, 4) is 11.5 Å². The van der Waals surface area contributed by atoms with E-state index < -0.39 is 35.6 Å². The van der Waals surface area contributed by atoms with E-state index in [9.17, 15) is 24.6 Å². The van der Waals surface area contributed by atoms with Crippen LogP contribution in [0, 0.1) is 0 Å². The number of carbonyl (C=O) groups is 3. The predicted octanol–water partition coefficient (Wildman–Crippen LogP) is 6.45. The molecule has 2 unspecified atom stereocenters. The van der Waals surface area contributed by atoms with Crippen LogP contribution in [0.25, 0.3) is 10.8 Å². The van der Waals surface area contributed by atoms with Crippen LogP contribution >= 0.6 is 0 Å². The summed E-state index contributed by atoms with van der Waals surface area (Å²) in [5.41, 5.74) is 0.710. The lowest BCUT2D eigenvalue weighted by Crippen LogP contribution is -2.57. The highest BCUT2D eigenvalue weighted by molar-refractivity contribution is 6.01. The summed E-state index contributed by atoms with van der Waals surface area (Å²) in [6.07, 6.45) is 1.51. The summed E-state index contributed by atoms with van der Waals surface area (Å²) in [4.78, 5) is 43.4. The Labute approximate surface area is 262 Å². The molecule has 0 radical (unpaired) electrons. The quantitative estimate of drug-likeness (QED) is 0.173. The third-order valence-electron chi connectivity index (χ3n) is 7.86. The molecule has 1 aliphatic rings. The number of fused-ring (bicyclic) bond motifs is 1. The van der Waals surface area contributed by atoms with Crippen molar-refractivity contribution < 1.29 is 29.3 Å². The number of nitrogens with zero attached hydrogens (tertiary/aromatic N) is 1. The van der Waals surface area contributed by atoms with Crippen molar-refractivity contribution in [3.63, 3.8) is 0 Å². The summed E-state index contributed by atoms with van der Waals surface area (Å²) < 4.78 is 5.50. The van der Waals surface area contributed by atoms with Crippen LogP contribution in [0.3, 0.4) is 0 Å². The van der Waals surface area contributed by atoms with Gasteiger partial charge >= 0.3 is 6.09 Å². The second-order valence-electron chi connectivity index (χ2n) is 12.4. The van der Waals surface area contributed by atoms with E-state index in [1.807, 2.05) is 36.4 Å². The third kappa shape index (κ3) is 7.73. The molecule has 9 nitrogen and oxygen atoms in total. The second kappa shape index (κ2) is 13.3. The fraction of sp³-hybridized carbons (Fsp3) is 0.306. The number of para-hydroxylation sites is 1. The molecule has 2 atom stereocenters. The van der Waals surface area contributed by atoms with Crippen LogP contribution in [0.15, 0.2) is 91.0 Å². The molecule has 4 N–H and O–H groups in total. The Balaban J connectivity index is 1.54. The molecule has 3 amide bonds. The van der Waals surface area contributed by atoms with E-state index in [-0.39, 0.29) is 29.5 Å². The van der Waals surface area contributed by atoms with Crippen molar-refractivity contribution in [3.05, 3.63) is 102 Å². The maximum Gasteiger partial charge on any atom is 0.408 e. The van der Waals surface area contributed by atoms with Crippen LogP contribution < -0.4 is 10.6 Å². The Morgan fingerprint density at radius 3 is 2.20 bits per heavy atom. The van der Waals surface area contributed by atoms with Crippen LogP contribution in [0.2, 0.25) is 0 Å². The molecule has 1 fully saturated rings. The van der Waals surface area contributed by atoms with E-state index in [1.165, 1.54) is 23.1 Å². The zero-order valence-electron chi connectivity index (χ0n) is 25.7. The van der Waals surface area contributed by atoms with Crippen LogP contribution in [-0.2, 0) is 20.7 Å². The molecule has 0 bridgehead atoms. The lowest BCUT2D eigenvalue weighted by atomic mass is 9.87. The number of hydrogen-bond acceptors (Lipinski definition) is 6. The fourth-order valence-corrected chi connectivity index (χ4v) is 5.49. The van der Waals surface area contributed by atoms with Gasteiger partial charge in [0.25, 0.3) is 5.91 Å². The number of phenolic OH excluding ortho intramolecular Hbond substituents is 2. The average Bonchev–Trinajstić information content (AvgIpc) is 2.96. The van der Waals surface area contributed by atoms with Crippen LogP contribution in [0.1, 0.15) is 57.2 Å². The molecular formula is C36H39N3O6. The molecule has 9 heteroatoms. The molecule has 0 heterocycles. The van der Waals surface area contributed by atoms with Gasteiger partial charge in [-0.15, -0.1) is 0 Å². The number of benzene rings is 4. The number of amides is 3. The number of carbonyl (C=O) groups excluding carboxylic acids is 3. The highest BCUT2D eigenvalue weighted by atomic mass is 16.6. The van der Waals surface area contributed by atoms with Gasteiger partial charge in [-0.05, 0) is 86.7 Å². The number of anilines is 1. The van der Waals surface area contributed by atoms with E-state index in [1.54, 1.807) is 57.2 Å². The Hall–Kier alpha value is -5.05. The predicted molar refractivity (Wildman–Crippen MR) is 173 cm³/mol. The second-order valence-corrected chi connectivity index (χ2v) is 12.4. The number of alkyl carbamates (subject to hydrolysis) is 1. The lowest BCUT2D eigenvalue weighted by molar-refractivity contribution is -0.145. The minimum Gasteiger partial charge on any atom is -0.508 e. The maximum absolute atomic E-state index is 14.7. The molecule has 234 valence electrons. The molecule has 1 saturated carbocycles. The summed E-state index contributed by atoms with van der Waals surface area (Å²) in [6.45, 7) is 5.19. The summed E-state index contributed by atoms with van der Waals surface area (Å²) in [5.74, 6) is -1.03. The molecule has 0 aromatic heterocycles. The molecule has 5 rings (SSSR count). The number of hydrogen-bond donors (Lipinski definition) is 4. The zero-order valence-corrected chi connectivity index (χ0v) is 25.7. The molecule has 0 aliphatic heterocycles. The van der Waals surface area contributed by atoms with Gasteiger partial charge in [0, 0.05) is 23.7 Å². The third-order valence-corrected chi connectivity index (χ3v) is 7.86. The zero-order chi connectivity index (χ0) is 32.1. The molecule has 4 aromatic rings. The smallest absolute Gasteiger partial charge is 0.408 e. The highest BCUT2D eigenvalue weighted by Gasteiger charge is 2.43. The van der Waals surface area contributed by atoms with Crippen molar-refractivity contribution in [1.82, 2.24) is 10.2 Å². The average molecular weight is 610 g/mol. The van der Waals surface area contributed by atoms with Gasteiger partial charge in [0.2, 0.25) is 5.91 Å². The van der Waals surface area contributed by atoms with E-state index in [0.29, 0.717) is 24.1 Å². The van der Waals surface area contributed by atoms with Crippen molar-refractivity contribution in [2.45, 2.75) is 70.2 Å². The van der Waals surface area contributed by atoms with Gasteiger partial charge < -0.3 is 30.5 Å². The number of nitrogens with one attached hydrogen (secondary N) is 2. The number of phenols is 2. The van der Waals surface area contributed by atoms with Gasteiger partial charge in [-0.25, -0.2) is 4.79 Å². The minimum atomic E-state index is -1.20. The van der Waals surface area contributed by atoms with E-state index in [4.69, 9.17) is 4.74 Å². The molecular weight excluding hydrogens is 570 g/mol. The Kier molecular flexibility index (Phi) is 9.27. The molecule has 0 saturated heterocycles. The summed E-state index contributed by atoms with van der Waals surface area (Å²) in [7, 11) is 0. The van der Waals surface area contributed by atoms with E-state index in [0.717, 1.165) is 17.2 Å². The molecule has 4 aromatic carbocycles. The lowest BCUT2D eigenvalue weighted by Gasteiger charge is -2.43. The van der Waals surface area contributed by atoms with Gasteiger partial charge in [-0.2, -0.15) is 0 Å². The first-order chi connectivity index (χ1) is 21.5. The van der Waals surface area contributed by atoms with Gasteiger partial charge in [-0.1, -0.05) is 60.7 Å². The van der Waals surface area contributed by atoms with Gasteiger partial charge in [0.05, 0.1) is 0 Å². The SMILES string of the molecule is CC(C)(C)OC(=O)NC(Cc1ccc(O)cc1)C(=O)N(C1CCC1)C(C(=O)Nc1ccc2ccccc2c1)c1ccccc1O. The molecule has 45 heavy (non-hydrogen) atoms. The first-order valence-electron chi connectivity index (χ1n) is 15.2. The summed E-state index contributed by atoms with van der Waals surface area (Å²) in [6, 6.07) is 23.6. The molecule has 1 aliphatic carbocycles. The first kappa shape index (κ1) is 31.4. The van der Waals surface area contributed by atoms with Crippen molar-refractivity contribution >= 4 is 34.4 Å². The fourth-order valence-electron chi connectivity index (χ4n) is 5.49. The number of ether oxygens (including phenoxy) is 1. The monoisotopic (exact) mass is 609 g/mol. The van der Waals surface area contributed by atoms with Crippen molar-refractivity contribution in [2.75, 3.05) is 5.32 Å². The van der Waals surface area contributed by atoms with Crippen LogP contribution in [-0.4, -0.2) is 50.7 Å². The molecule has 0 spiro atoms. The van der Waals surface area contributed by atoms with Crippen molar-refractivity contribution in [2.24, 2.45) is 0 Å². The topological polar surface area (TPSA) is 128 Å². The minimum absolute atomic E-state index is 0.0720. The van der Waals surface area contributed by atoms with Crippen LogP contribution in [0.4, 0.5) is 10.5 Å². The number of rotatable bonds is 9.